The first kappa shape index (κ1) is 16.3. The minimum atomic E-state index is -0.409. The van der Waals surface area contributed by atoms with E-state index in [0.717, 1.165) is 5.39 Å². The number of rotatable bonds is 4. The Morgan fingerprint density at radius 2 is 2.08 bits per heavy atom. The van der Waals surface area contributed by atoms with Crippen LogP contribution in [0.4, 0.5) is 10.1 Å². The SMILES string of the molecule is O=C(CCc1cc2ccc(F)cc2[nH]c1=O)Nc1ccc(Br)nc1. The van der Waals surface area contributed by atoms with Crippen LogP contribution in [0.3, 0.4) is 0 Å². The number of amides is 1. The number of nitrogens with zero attached hydrogens (tertiary/aromatic N) is 1. The molecule has 0 aliphatic heterocycles. The second-order valence-electron chi connectivity index (χ2n) is 5.27. The van der Waals surface area contributed by atoms with Gasteiger partial charge >= 0.3 is 0 Å². The van der Waals surface area contributed by atoms with E-state index in [1.807, 2.05) is 0 Å². The van der Waals surface area contributed by atoms with Crippen LogP contribution in [-0.2, 0) is 11.2 Å². The average Bonchev–Trinajstić information content (AvgIpc) is 2.55. The summed E-state index contributed by atoms with van der Waals surface area (Å²) in [5, 5.41) is 3.44. The van der Waals surface area contributed by atoms with E-state index in [0.29, 0.717) is 27.8 Å². The summed E-state index contributed by atoms with van der Waals surface area (Å²) in [4.78, 5) is 30.7. The van der Waals surface area contributed by atoms with Crippen molar-refractivity contribution in [2.75, 3.05) is 5.32 Å². The highest BCUT2D eigenvalue weighted by Gasteiger charge is 2.08. The largest absolute Gasteiger partial charge is 0.325 e. The molecule has 7 heteroatoms. The summed E-state index contributed by atoms with van der Waals surface area (Å²) in [6, 6.07) is 9.33. The number of hydrogen-bond donors (Lipinski definition) is 2. The summed E-state index contributed by atoms with van der Waals surface area (Å²) >= 11 is 3.22. The van der Waals surface area contributed by atoms with Crippen LogP contribution >= 0.6 is 15.9 Å². The van der Waals surface area contributed by atoms with Crippen LogP contribution in [0.25, 0.3) is 10.9 Å². The summed E-state index contributed by atoms with van der Waals surface area (Å²) in [5.74, 6) is -0.619. The normalized spacial score (nSPS) is 10.8. The molecule has 2 aromatic heterocycles. The van der Waals surface area contributed by atoms with E-state index in [4.69, 9.17) is 0 Å². The van der Waals surface area contributed by atoms with Crippen molar-refractivity contribution in [3.05, 3.63) is 68.9 Å². The number of halogens is 2. The lowest BCUT2D eigenvalue weighted by Crippen LogP contribution is -2.17. The lowest BCUT2D eigenvalue weighted by Gasteiger charge is -2.06. The van der Waals surface area contributed by atoms with E-state index < -0.39 is 5.82 Å². The van der Waals surface area contributed by atoms with E-state index in [1.165, 1.54) is 12.1 Å². The van der Waals surface area contributed by atoms with Gasteiger partial charge in [-0.1, -0.05) is 0 Å². The highest BCUT2D eigenvalue weighted by atomic mass is 79.9. The molecule has 2 heterocycles. The molecule has 122 valence electrons. The zero-order valence-electron chi connectivity index (χ0n) is 12.5. The Bertz CT molecular complexity index is 954. The standard InChI is InChI=1S/C17H13BrFN3O2/c18-15-5-4-13(9-20-15)21-16(23)6-2-11-7-10-1-3-12(19)8-14(10)22-17(11)24/h1,3-5,7-9H,2,6H2,(H,21,23)(H,22,24). The molecule has 3 rings (SSSR count). The molecule has 0 unspecified atom stereocenters. The van der Waals surface area contributed by atoms with E-state index >= 15 is 0 Å². The Morgan fingerprint density at radius 3 is 2.83 bits per heavy atom. The van der Waals surface area contributed by atoms with E-state index in [9.17, 15) is 14.0 Å². The Balaban J connectivity index is 1.69. The average molecular weight is 390 g/mol. The fraction of sp³-hybridized carbons (Fsp3) is 0.118. The van der Waals surface area contributed by atoms with Gasteiger partial charge in [-0.15, -0.1) is 0 Å². The molecular formula is C17H13BrFN3O2. The summed E-state index contributed by atoms with van der Waals surface area (Å²) in [6.07, 6.45) is 1.99. The molecule has 1 aromatic carbocycles. The molecule has 0 fully saturated rings. The second kappa shape index (κ2) is 6.92. The number of aryl methyl sites for hydroxylation is 1. The number of anilines is 1. The van der Waals surface area contributed by atoms with Crippen LogP contribution in [-0.4, -0.2) is 15.9 Å². The van der Waals surface area contributed by atoms with Crippen molar-refractivity contribution in [3.63, 3.8) is 0 Å². The first-order valence-electron chi connectivity index (χ1n) is 7.24. The first-order chi connectivity index (χ1) is 11.5. The van der Waals surface area contributed by atoms with Gasteiger partial charge in [-0.3, -0.25) is 9.59 Å². The smallest absolute Gasteiger partial charge is 0.251 e. The second-order valence-corrected chi connectivity index (χ2v) is 6.09. The van der Waals surface area contributed by atoms with Gasteiger partial charge in [0.2, 0.25) is 5.91 Å². The Kier molecular flexibility index (Phi) is 4.71. The van der Waals surface area contributed by atoms with Crippen LogP contribution in [0.2, 0.25) is 0 Å². The van der Waals surface area contributed by atoms with Crippen molar-refractivity contribution in [2.45, 2.75) is 12.8 Å². The van der Waals surface area contributed by atoms with Gasteiger partial charge in [0.15, 0.2) is 0 Å². The number of carbonyl (C=O) groups excluding carboxylic acids is 1. The van der Waals surface area contributed by atoms with Crippen molar-refractivity contribution in [2.24, 2.45) is 0 Å². The van der Waals surface area contributed by atoms with Crippen molar-refractivity contribution in [1.82, 2.24) is 9.97 Å². The first-order valence-corrected chi connectivity index (χ1v) is 8.03. The minimum absolute atomic E-state index is 0.159. The molecule has 3 aromatic rings. The molecule has 0 bridgehead atoms. The van der Waals surface area contributed by atoms with Gasteiger partial charge in [0.25, 0.3) is 5.56 Å². The minimum Gasteiger partial charge on any atom is -0.325 e. The van der Waals surface area contributed by atoms with Crippen LogP contribution < -0.4 is 10.9 Å². The molecule has 0 radical (unpaired) electrons. The number of carbonyl (C=O) groups is 1. The van der Waals surface area contributed by atoms with Crippen molar-refractivity contribution in [1.29, 1.82) is 0 Å². The fourth-order valence-electron chi connectivity index (χ4n) is 2.33. The number of benzene rings is 1. The van der Waals surface area contributed by atoms with Crippen molar-refractivity contribution in [3.8, 4) is 0 Å². The topological polar surface area (TPSA) is 74.8 Å². The van der Waals surface area contributed by atoms with Gasteiger partial charge in [0.1, 0.15) is 10.4 Å². The number of pyridine rings is 2. The number of H-pyrrole nitrogens is 1. The van der Waals surface area contributed by atoms with Crippen molar-refractivity contribution >= 4 is 38.4 Å². The van der Waals surface area contributed by atoms with Crippen LogP contribution in [0, 0.1) is 5.82 Å². The Morgan fingerprint density at radius 1 is 1.25 bits per heavy atom. The Labute approximate surface area is 145 Å². The maximum absolute atomic E-state index is 13.2. The Hall–Kier alpha value is -2.54. The number of fused-ring (bicyclic) bond motifs is 1. The van der Waals surface area contributed by atoms with E-state index in [2.05, 4.69) is 31.2 Å². The molecule has 0 atom stereocenters. The fourth-order valence-corrected chi connectivity index (χ4v) is 2.56. The number of hydrogen-bond acceptors (Lipinski definition) is 3. The number of aromatic amines is 1. The van der Waals surface area contributed by atoms with Crippen LogP contribution in [0.1, 0.15) is 12.0 Å². The maximum Gasteiger partial charge on any atom is 0.251 e. The number of aromatic nitrogens is 2. The lowest BCUT2D eigenvalue weighted by atomic mass is 10.1. The van der Waals surface area contributed by atoms with Gasteiger partial charge in [-0.25, -0.2) is 9.37 Å². The van der Waals surface area contributed by atoms with Gasteiger partial charge in [-0.2, -0.15) is 0 Å². The van der Waals surface area contributed by atoms with E-state index in [-0.39, 0.29) is 17.9 Å². The number of nitrogens with one attached hydrogen (secondary N) is 2. The molecule has 0 aliphatic rings. The lowest BCUT2D eigenvalue weighted by molar-refractivity contribution is -0.116. The third-order valence-electron chi connectivity index (χ3n) is 3.52. The zero-order chi connectivity index (χ0) is 17.1. The molecule has 5 nitrogen and oxygen atoms in total. The summed E-state index contributed by atoms with van der Waals surface area (Å²) in [7, 11) is 0. The highest BCUT2D eigenvalue weighted by Crippen LogP contribution is 2.14. The molecule has 0 aliphatic carbocycles. The highest BCUT2D eigenvalue weighted by molar-refractivity contribution is 9.10. The summed E-state index contributed by atoms with van der Waals surface area (Å²) < 4.78 is 13.9. The molecule has 0 saturated heterocycles. The maximum atomic E-state index is 13.2. The monoisotopic (exact) mass is 389 g/mol. The molecule has 2 N–H and O–H groups in total. The van der Waals surface area contributed by atoms with Crippen LogP contribution in [0.5, 0.6) is 0 Å². The summed E-state index contributed by atoms with van der Waals surface area (Å²) in [6.45, 7) is 0. The van der Waals surface area contributed by atoms with Gasteiger partial charge in [0.05, 0.1) is 17.4 Å². The molecular weight excluding hydrogens is 377 g/mol. The van der Waals surface area contributed by atoms with E-state index in [1.54, 1.807) is 30.5 Å². The molecule has 1 amide bonds. The third-order valence-corrected chi connectivity index (χ3v) is 3.99. The predicted molar refractivity (Wildman–Crippen MR) is 93.4 cm³/mol. The summed E-state index contributed by atoms with van der Waals surface area (Å²) in [5.41, 5.74) is 1.20. The van der Waals surface area contributed by atoms with Gasteiger partial charge in [0, 0.05) is 12.0 Å². The zero-order valence-corrected chi connectivity index (χ0v) is 14.1. The third kappa shape index (κ3) is 3.86. The van der Waals surface area contributed by atoms with Gasteiger partial charge in [-0.05, 0) is 64.1 Å². The van der Waals surface area contributed by atoms with Gasteiger partial charge < -0.3 is 10.3 Å². The van der Waals surface area contributed by atoms with Crippen molar-refractivity contribution < 1.29 is 9.18 Å². The molecule has 0 spiro atoms. The quantitative estimate of drug-likeness (QED) is 0.671. The molecule has 24 heavy (non-hydrogen) atoms. The molecule has 0 saturated carbocycles. The predicted octanol–water partition coefficient (Wildman–Crippen LogP) is 3.40. The van der Waals surface area contributed by atoms with Crippen LogP contribution in [0.15, 0.2) is 52.0 Å².